The maximum atomic E-state index is 6.11. The Morgan fingerprint density at radius 3 is 1.14 bits per heavy atom. The van der Waals surface area contributed by atoms with E-state index in [-0.39, 0.29) is 0 Å². The summed E-state index contributed by atoms with van der Waals surface area (Å²) < 4.78 is 8.54. The Hall–Kier alpha value is -10.4. The summed E-state index contributed by atoms with van der Waals surface area (Å²) in [5, 5.41) is 7.45. The fourth-order valence-electron chi connectivity index (χ4n) is 11.8. The Morgan fingerprint density at radius 1 is 0.256 bits per heavy atom. The molecule has 0 amide bonds. The molecular weight excluding hydrogens is 945 g/mol. The lowest BCUT2D eigenvalue weighted by Gasteiger charge is -2.16. The largest absolute Gasteiger partial charge is 0.436 e. The molecule has 0 saturated heterocycles. The van der Waals surface area contributed by atoms with E-state index in [2.05, 4.69) is 271 Å². The second kappa shape index (κ2) is 18.8. The molecule has 13 aromatic carbocycles. The molecule has 0 N–H and O–H groups in total. The number of aromatic nitrogens is 2. The first-order valence-corrected chi connectivity index (χ1v) is 26.7. The van der Waals surface area contributed by atoms with Crippen molar-refractivity contribution in [2.75, 3.05) is 0 Å². The molecule has 0 fully saturated rings. The second-order valence-electron chi connectivity index (χ2n) is 20.2. The van der Waals surface area contributed by atoms with Crippen LogP contribution >= 0.6 is 0 Å². The molecule has 0 radical (unpaired) electrons. The van der Waals surface area contributed by atoms with E-state index in [0.717, 1.165) is 50.1 Å². The molecule has 0 aliphatic heterocycles. The third-order valence-electron chi connectivity index (χ3n) is 15.7. The van der Waals surface area contributed by atoms with Crippen molar-refractivity contribution in [2.24, 2.45) is 0 Å². The molecule has 3 heteroatoms. The molecule has 0 aliphatic rings. The summed E-state index contributed by atoms with van der Waals surface area (Å²) in [5.74, 6) is 0.623. The minimum atomic E-state index is 0.623. The van der Waals surface area contributed by atoms with Gasteiger partial charge in [0.15, 0.2) is 5.58 Å². The van der Waals surface area contributed by atoms with E-state index in [0.29, 0.717) is 5.89 Å². The monoisotopic (exact) mass is 992 g/mol. The van der Waals surface area contributed by atoms with E-state index in [4.69, 9.17) is 9.40 Å². The highest BCUT2D eigenvalue weighted by molar-refractivity contribution is 6.12. The van der Waals surface area contributed by atoms with Gasteiger partial charge in [-0.15, -0.1) is 0 Å². The Labute approximate surface area is 452 Å². The standard InChI is InChI=1S/C75H48N2O/c1-3-17-61-51(13-1)15-11-23-63(61)53-31-27-49(28-32-53)58-41-45-72-69(47-58)70-48-59(50-29-33-54(34-30-50)64-24-12-16-52-14-2-4-18-62(52)64)42-46-73(70)77(72)60-43-39-56(40-44-60)66-20-6-8-22-68(66)67-21-7-5-19-65(67)55-35-37-57(38-36-55)75-76-71-25-9-10-26-74(71)78-75/h1-48H. The van der Waals surface area contributed by atoms with E-state index in [1.165, 1.54) is 93.5 Å². The number of rotatable bonds is 9. The number of hydrogen-bond donors (Lipinski definition) is 0. The van der Waals surface area contributed by atoms with Gasteiger partial charge in [-0.05, 0) is 160 Å². The summed E-state index contributed by atoms with van der Waals surface area (Å²) in [7, 11) is 0. The first-order valence-electron chi connectivity index (χ1n) is 26.7. The molecule has 0 aliphatic carbocycles. The van der Waals surface area contributed by atoms with Gasteiger partial charge in [0.05, 0.1) is 11.0 Å². The van der Waals surface area contributed by atoms with Gasteiger partial charge in [-0.3, -0.25) is 0 Å². The maximum absolute atomic E-state index is 6.11. The van der Waals surface area contributed by atoms with Gasteiger partial charge < -0.3 is 8.98 Å². The van der Waals surface area contributed by atoms with Crippen LogP contribution in [0.15, 0.2) is 296 Å². The lowest BCUT2D eigenvalue weighted by Crippen LogP contribution is -1.94. The number of fused-ring (bicyclic) bond motifs is 6. The number of para-hydroxylation sites is 2. The van der Waals surface area contributed by atoms with Crippen molar-refractivity contribution in [1.82, 2.24) is 9.55 Å². The number of hydrogen-bond acceptors (Lipinski definition) is 2. The average molecular weight is 993 g/mol. The van der Waals surface area contributed by atoms with Crippen LogP contribution in [0, 0.1) is 0 Å². The number of benzene rings is 13. The molecule has 0 bridgehead atoms. The molecule has 0 unspecified atom stereocenters. The summed E-state index contributed by atoms with van der Waals surface area (Å²) in [6.07, 6.45) is 0. The van der Waals surface area contributed by atoms with Crippen LogP contribution in [0.3, 0.4) is 0 Å². The lowest BCUT2D eigenvalue weighted by atomic mass is 9.89. The van der Waals surface area contributed by atoms with Gasteiger partial charge in [0.25, 0.3) is 0 Å². The third kappa shape index (κ3) is 7.88. The molecule has 0 spiro atoms. The molecule has 0 saturated carbocycles. The highest BCUT2D eigenvalue weighted by Gasteiger charge is 2.18. The Bertz CT molecular complexity index is 4530. The summed E-state index contributed by atoms with van der Waals surface area (Å²) in [6, 6.07) is 106. The predicted octanol–water partition coefficient (Wildman–Crippen LogP) is 20.6. The number of oxazole rings is 1. The molecule has 15 rings (SSSR count). The minimum absolute atomic E-state index is 0.623. The van der Waals surface area contributed by atoms with Crippen LogP contribution in [0.25, 0.3) is 149 Å². The highest BCUT2D eigenvalue weighted by atomic mass is 16.3. The summed E-state index contributed by atoms with van der Waals surface area (Å²) in [5.41, 5.74) is 22.6. The van der Waals surface area contributed by atoms with Crippen molar-refractivity contribution < 1.29 is 4.42 Å². The number of nitrogens with zero attached hydrogens (tertiary/aromatic N) is 2. The smallest absolute Gasteiger partial charge is 0.227 e. The predicted molar refractivity (Wildman–Crippen MR) is 327 cm³/mol. The third-order valence-corrected chi connectivity index (χ3v) is 15.7. The molecule has 78 heavy (non-hydrogen) atoms. The fraction of sp³-hybridized carbons (Fsp3) is 0. The topological polar surface area (TPSA) is 31.0 Å². The van der Waals surface area contributed by atoms with Crippen molar-refractivity contribution in [1.29, 1.82) is 0 Å². The molecule has 0 atom stereocenters. The zero-order valence-corrected chi connectivity index (χ0v) is 42.5. The van der Waals surface area contributed by atoms with Crippen LogP contribution in [-0.2, 0) is 0 Å². The first-order chi connectivity index (χ1) is 38.6. The maximum Gasteiger partial charge on any atom is 0.227 e. The van der Waals surface area contributed by atoms with Crippen LogP contribution in [-0.4, -0.2) is 9.55 Å². The zero-order chi connectivity index (χ0) is 51.5. The summed E-state index contributed by atoms with van der Waals surface area (Å²) >= 11 is 0. The van der Waals surface area contributed by atoms with Crippen LogP contribution in [0.2, 0.25) is 0 Å². The van der Waals surface area contributed by atoms with Crippen molar-refractivity contribution in [3.63, 3.8) is 0 Å². The van der Waals surface area contributed by atoms with Gasteiger partial charge in [-0.2, -0.15) is 0 Å². The minimum Gasteiger partial charge on any atom is -0.436 e. The van der Waals surface area contributed by atoms with Crippen molar-refractivity contribution in [2.45, 2.75) is 0 Å². The Balaban J connectivity index is 0.801. The van der Waals surface area contributed by atoms with Gasteiger partial charge in [-0.25, -0.2) is 4.98 Å². The normalized spacial score (nSPS) is 11.6. The van der Waals surface area contributed by atoms with E-state index in [1.54, 1.807) is 0 Å². The highest BCUT2D eigenvalue weighted by Crippen LogP contribution is 2.42. The van der Waals surface area contributed by atoms with Crippen molar-refractivity contribution in [3.05, 3.63) is 291 Å². The van der Waals surface area contributed by atoms with Gasteiger partial charge in [0.2, 0.25) is 5.89 Å². The van der Waals surface area contributed by atoms with E-state index < -0.39 is 0 Å². The summed E-state index contributed by atoms with van der Waals surface area (Å²) in [4.78, 5) is 4.74. The molecule has 364 valence electrons. The quantitative estimate of drug-likeness (QED) is 0.144. The van der Waals surface area contributed by atoms with Gasteiger partial charge in [-0.1, -0.05) is 231 Å². The molecule has 2 heterocycles. The van der Waals surface area contributed by atoms with Crippen LogP contribution in [0.5, 0.6) is 0 Å². The summed E-state index contributed by atoms with van der Waals surface area (Å²) in [6.45, 7) is 0. The molecule has 2 aromatic heterocycles. The van der Waals surface area contributed by atoms with Crippen LogP contribution in [0.4, 0.5) is 0 Å². The Kier molecular flexibility index (Phi) is 10.9. The van der Waals surface area contributed by atoms with Gasteiger partial charge in [0, 0.05) is 22.0 Å². The SMILES string of the molecule is c1ccc(-c2ccccc2-c2ccc(-n3c4ccc(-c5ccc(-c6cccc7ccccc67)cc5)cc4c4cc(-c5ccc(-c6cccc7ccccc67)cc5)ccc43)cc2)c(-c2ccc(-c3nc4ccccc4o3)cc2)c1. The van der Waals surface area contributed by atoms with E-state index in [9.17, 15) is 0 Å². The zero-order valence-electron chi connectivity index (χ0n) is 42.5. The molecular formula is C75H48N2O. The fourth-order valence-corrected chi connectivity index (χ4v) is 11.8. The Morgan fingerprint density at radius 2 is 0.628 bits per heavy atom. The second-order valence-corrected chi connectivity index (χ2v) is 20.2. The average Bonchev–Trinajstić information content (AvgIpc) is 4.18. The van der Waals surface area contributed by atoms with Crippen molar-refractivity contribution in [3.8, 4) is 95.0 Å². The van der Waals surface area contributed by atoms with Crippen molar-refractivity contribution >= 4 is 54.5 Å². The van der Waals surface area contributed by atoms with Crippen LogP contribution in [0.1, 0.15) is 0 Å². The first kappa shape index (κ1) is 45.1. The molecule has 3 nitrogen and oxygen atoms in total. The lowest BCUT2D eigenvalue weighted by molar-refractivity contribution is 0.620. The van der Waals surface area contributed by atoms with E-state index >= 15 is 0 Å². The van der Waals surface area contributed by atoms with Crippen LogP contribution < -0.4 is 0 Å². The molecule has 15 aromatic rings. The van der Waals surface area contributed by atoms with Gasteiger partial charge >= 0.3 is 0 Å². The van der Waals surface area contributed by atoms with E-state index in [1.807, 2.05) is 24.3 Å². The van der Waals surface area contributed by atoms with Gasteiger partial charge in [0.1, 0.15) is 5.52 Å².